The molecule has 0 aromatic heterocycles. The molecule has 5 nitrogen and oxygen atoms in total. The molecule has 1 unspecified atom stereocenters. The Morgan fingerprint density at radius 3 is 2.19 bits per heavy atom. The second-order valence-corrected chi connectivity index (χ2v) is 11.9. The van der Waals surface area contributed by atoms with Crippen molar-refractivity contribution in [1.29, 1.82) is 0 Å². The molecule has 4 rings (SSSR count). The predicted octanol–water partition coefficient (Wildman–Crippen LogP) is 7.30. The zero-order chi connectivity index (χ0) is 26.4. The lowest BCUT2D eigenvalue weighted by molar-refractivity contribution is -0.160. The Hall–Kier alpha value is -2.37. The molecular formula is C30H38ClNO4. The minimum atomic E-state index is -1.14. The summed E-state index contributed by atoms with van der Waals surface area (Å²) in [6.07, 6.45) is 4.23. The summed E-state index contributed by atoms with van der Waals surface area (Å²) in [4.78, 5) is 28.1. The first-order valence-electron chi connectivity index (χ1n) is 13.0. The number of carbonyl (C=O) groups excluding carboxylic acids is 1. The van der Waals surface area contributed by atoms with E-state index in [1.54, 1.807) is 0 Å². The van der Waals surface area contributed by atoms with Crippen LogP contribution in [0.15, 0.2) is 18.2 Å². The lowest BCUT2D eigenvalue weighted by atomic mass is 9.82. The fraction of sp³-hybridized carbons (Fsp3) is 0.533. The van der Waals surface area contributed by atoms with Crippen molar-refractivity contribution in [2.45, 2.75) is 98.4 Å². The van der Waals surface area contributed by atoms with Gasteiger partial charge in [0, 0.05) is 29.6 Å². The number of nitrogens with zero attached hydrogens (tertiary/aromatic N) is 1. The normalized spacial score (nSPS) is 17.2. The van der Waals surface area contributed by atoms with Crippen LogP contribution in [-0.4, -0.2) is 27.5 Å². The van der Waals surface area contributed by atoms with Crippen molar-refractivity contribution in [3.63, 3.8) is 0 Å². The number of aliphatic carboxylic acids is 1. The fourth-order valence-corrected chi connectivity index (χ4v) is 6.18. The maximum absolute atomic E-state index is 13.4. The summed E-state index contributed by atoms with van der Waals surface area (Å²) < 4.78 is 6.17. The Balaban J connectivity index is 1.89. The Morgan fingerprint density at radius 2 is 1.64 bits per heavy atom. The van der Waals surface area contributed by atoms with Crippen molar-refractivity contribution < 1.29 is 19.4 Å². The van der Waals surface area contributed by atoms with E-state index in [1.165, 1.54) is 6.42 Å². The van der Waals surface area contributed by atoms with Crippen LogP contribution in [0, 0.1) is 26.7 Å². The second-order valence-electron chi connectivity index (χ2n) is 11.4. The van der Waals surface area contributed by atoms with Crippen LogP contribution < -0.4 is 0 Å². The molecule has 2 aliphatic rings. The van der Waals surface area contributed by atoms with Crippen molar-refractivity contribution in [3.05, 3.63) is 56.6 Å². The first-order valence-corrected chi connectivity index (χ1v) is 13.4. The van der Waals surface area contributed by atoms with Gasteiger partial charge in [0.05, 0.1) is 5.60 Å². The molecule has 1 aliphatic heterocycles. The average Bonchev–Trinajstić information content (AvgIpc) is 3.26. The lowest BCUT2D eigenvalue weighted by Crippen LogP contribution is -2.33. The van der Waals surface area contributed by atoms with Gasteiger partial charge in [-0.1, -0.05) is 36.9 Å². The number of carbonyl (C=O) groups is 2. The number of hydrogen-bond acceptors (Lipinski definition) is 3. The minimum absolute atomic E-state index is 0.0992. The third-order valence-electron chi connectivity index (χ3n) is 7.70. The van der Waals surface area contributed by atoms with Crippen LogP contribution in [0.5, 0.6) is 0 Å². The van der Waals surface area contributed by atoms with Gasteiger partial charge in [-0.25, -0.2) is 4.79 Å². The molecule has 1 heterocycles. The number of ether oxygens (including phenoxy) is 1. The molecule has 1 saturated carbocycles. The SMILES string of the molecule is Cc1cc(Cl)ccc1-c1c(C)c2c(c(C)c1C(OC(C)(C)C)C(=O)O)CN(C(=O)C1CCCCC1)C2. The zero-order valence-electron chi connectivity index (χ0n) is 22.3. The molecule has 0 spiro atoms. The van der Waals surface area contributed by atoms with E-state index in [9.17, 15) is 14.7 Å². The van der Waals surface area contributed by atoms with Gasteiger partial charge < -0.3 is 14.7 Å². The number of carboxylic acid groups (broad SMARTS) is 1. The van der Waals surface area contributed by atoms with Gasteiger partial charge in [0.2, 0.25) is 5.91 Å². The first kappa shape index (κ1) is 26.7. The number of rotatable bonds is 5. The van der Waals surface area contributed by atoms with E-state index in [-0.39, 0.29) is 11.8 Å². The van der Waals surface area contributed by atoms with E-state index in [4.69, 9.17) is 16.3 Å². The van der Waals surface area contributed by atoms with Gasteiger partial charge in [0.25, 0.3) is 0 Å². The molecule has 1 atom stereocenters. The molecule has 6 heteroatoms. The Labute approximate surface area is 219 Å². The Morgan fingerprint density at radius 1 is 1.03 bits per heavy atom. The number of benzene rings is 2. The van der Waals surface area contributed by atoms with Gasteiger partial charge in [-0.2, -0.15) is 0 Å². The number of halogens is 1. The summed E-state index contributed by atoms with van der Waals surface area (Å²) in [5, 5.41) is 11.0. The predicted molar refractivity (Wildman–Crippen MR) is 143 cm³/mol. The summed E-state index contributed by atoms with van der Waals surface area (Å²) in [6, 6.07) is 5.71. The van der Waals surface area contributed by atoms with Gasteiger partial charge in [-0.15, -0.1) is 0 Å². The van der Waals surface area contributed by atoms with Crippen molar-refractivity contribution in [1.82, 2.24) is 4.90 Å². The fourth-order valence-electron chi connectivity index (χ4n) is 5.95. The smallest absolute Gasteiger partial charge is 0.337 e. The summed E-state index contributed by atoms with van der Waals surface area (Å²) in [5.74, 6) is -0.688. The third kappa shape index (κ3) is 5.19. The highest BCUT2D eigenvalue weighted by Gasteiger charge is 2.37. The van der Waals surface area contributed by atoms with E-state index < -0.39 is 17.7 Å². The zero-order valence-corrected chi connectivity index (χ0v) is 23.1. The van der Waals surface area contributed by atoms with Crippen LogP contribution in [0.4, 0.5) is 0 Å². The number of hydrogen-bond donors (Lipinski definition) is 1. The highest BCUT2D eigenvalue weighted by Crippen LogP contribution is 2.45. The van der Waals surface area contributed by atoms with Crippen LogP contribution in [-0.2, 0) is 27.4 Å². The molecule has 194 valence electrons. The molecular weight excluding hydrogens is 474 g/mol. The van der Waals surface area contributed by atoms with E-state index in [0.29, 0.717) is 23.7 Å². The van der Waals surface area contributed by atoms with Crippen LogP contribution in [0.1, 0.15) is 92.4 Å². The molecule has 2 aromatic rings. The molecule has 0 bridgehead atoms. The summed E-state index contributed by atoms with van der Waals surface area (Å²) >= 11 is 6.27. The second kappa shape index (κ2) is 10.2. The van der Waals surface area contributed by atoms with Crippen LogP contribution in [0.3, 0.4) is 0 Å². The maximum Gasteiger partial charge on any atom is 0.337 e. The number of amides is 1. The molecule has 1 fully saturated rings. The van der Waals surface area contributed by atoms with Gasteiger partial charge in [0.1, 0.15) is 0 Å². The van der Waals surface area contributed by atoms with Gasteiger partial charge in [-0.3, -0.25) is 4.79 Å². The van der Waals surface area contributed by atoms with Gasteiger partial charge in [0.15, 0.2) is 6.10 Å². The monoisotopic (exact) mass is 511 g/mol. The third-order valence-corrected chi connectivity index (χ3v) is 7.93. The average molecular weight is 512 g/mol. The van der Waals surface area contributed by atoms with E-state index in [1.807, 2.05) is 57.7 Å². The van der Waals surface area contributed by atoms with E-state index in [0.717, 1.165) is 64.6 Å². The minimum Gasteiger partial charge on any atom is -0.479 e. The molecule has 0 radical (unpaired) electrons. The van der Waals surface area contributed by atoms with Crippen molar-refractivity contribution >= 4 is 23.5 Å². The van der Waals surface area contributed by atoms with E-state index >= 15 is 0 Å². The highest BCUT2D eigenvalue weighted by molar-refractivity contribution is 6.30. The van der Waals surface area contributed by atoms with Crippen molar-refractivity contribution in [3.8, 4) is 11.1 Å². The molecule has 1 amide bonds. The number of aryl methyl sites for hydroxylation is 1. The summed E-state index contributed by atoms with van der Waals surface area (Å²) in [5.41, 5.74) is 6.91. The van der Waals surface area contributed by atoms with Crippen molar-refractivity contribution in [2.24, 2.45) is 5.92 Å². The van der Waals surface area contributed by atoms with Crippen molar-refractivity contribution in [2.75, 3.05) is 0 Å². The number of carboxylic acids is 1. The molecule has 36 heavy (non-hydrogen) atoms. The van der Waals surface area contributed by atoms with Gasteiger partial charge in [-0.05, 0) is 105 Å². The van der Waals surface area contributed by atoms with Crippen LogP contribution in [0.25, 0.3) is 11.1 Å². The molecule has 1 N–H and O–H groups in total. The standard InChI is InChI=1S/C30H38ClNO4/c1-17-14-21(31)12-13-22(17)25-18(2)23-15-32(28(33)20-10-8-7-9-11-20)16-24(23)19(3)26(25)27(29(34)35)36-30(4,5)6/h12-14,20,27H,7-11,15-16H2,1-6H3,(H,34,35). The number of fused-ring (bicyclic) bond motifs is 1. The molecule has 0 saturated heterocycles. The first-order chi connectivity index (χ1) is 16.9. The van der Waals surface area contributed by atoms with Crippen LogP contribution in [0.2, 0.25) is 5.02 Å². The Kier molecular flexibility index (Phi) is 7.55. The molecule has 2 aromatic carbocycles. The molecule has 1 aliphatic carbocycles. The Bertz CT molecular complexity index is 1190. The van der Waals surface area contributed by atoms with Gasteiger partial charge >= 0.3 is 5.97 Å². The quantitative estimate of drug-likeness (QED) is 0.457. The van der Waals surface area contributed by atoms with Crippen LogP contribution >= 0.6 is 11.6 Å². The highest BCUT2D eigenvalue weighted by atomic mass is 35.5. The maximum atomic E-state index is 13.4. The topological polar surface area (TPSA) is 66.8 Å². The van der Waals surface area contributed by atoms with E-state index in [2.05, 4.69) is 6.92 Å². The lowest BCUT2D eigenvalue weighted by Gasteiger charge is -2.30. The summed E-state index contributed by atoms with van der Waals surface area (Å²) in [6.45, 7) is 12.7. The summed E-state index contributed by atoms with van der Waals surface area (Å²) in [7, 11) is 0. The largest absolute Gasteiger partial charge is 0.479 e.